The lowest BCUT2D eigenvalue weighted by atomic mass is 10.5. The third-order valence-corrected chi connectivity index (χ3v) is 0.368. The van der Waals surface area contributed by atoms with Gasteiger partial charge in [0.2, 0.25) is 0 Å². The molecule has 0 aliphatic heterocycles. The van der Waals surface area contributed by atoms with Gasteiger partial charge in [-0.1, -0.05) is 0 Å². The van der Waals surface area contributed by atoms with Crippen LogP contribution in [0.2, 0.25) is 0 Å². The molecule has 0 aliphatic rings. The van der Waals surface area contributed by atoms with E-state index in [0.29, 0.717) is 12.2 Å². The van der Waals surface area contributed by atoms with Gasteiger partial charge in [0.05, 0.1) is 0 Å². The lowest BCUT2D eigenvalue weighted by molar-refractivity contribution is -0.134. The summed E-state index contributed by atoms with van der Waals surface area (Å²) < 4.78 is 0. The van der Waals surface area contributed by atoms with Gasteiger partial charge < -0.3 is 15.3 Å². The van der Waals surface area contributed by atoms with E-state index in [1.54, 1.807) is 0 Å². The van der Waals surface area contributed by atoms with E-state index in [0.717, 1.165) is 6.92 Å². The molecule has 6 heteroatoms. The number of aliphatic carboxylic acids is 3. The third-order valence-electron chi connectivity index (χ3n) is 0.368. The van der Waals surface area contributed by atoms with Crippen molar-refractivity contribution >= 4 is 17.9 Å². The summed E-state index contributed by atoms with van der Waals surface area (Å²) in [4.78, 5) is 28.1. The Balaban J connectivity index is -0.000000170. The molecule has 0 saturated heterocycles. The number of carboxylic acid groups (broad SMARTS) is 3. The van der Waals surface area contributed by atoms with Crippen molar-refractivity contribution in [2.24, 2.45) is 0 Å². The van der Waals surface area contributed by atoms with E-state index in [2.05, 4.69) is 13.2 Å². The minimum absolute atomic E-state index is 0.558. The van der Waals surface area contributed by atoms with Crippen molar-refractivity contribution in [3.8, 4) is 0 Å². The van der Waals surface area contributed by atoms with Crippen molar-refractivity contribution in [2.75, 3.05) is 0 Å². The zero-order chi connectivity index (χ0) is 12.1. The second-order valence-corrected chi connectivity index (χ2v) is 1.53. The predicted octanol–water partition coefficient (Wildman–Crippen LogP) is 0.605. The smallest absolute Gasteiger partial charge is 0.328 e. The summed E-state index contributed by atoms with van der Waals surface area (Å²) in [6, 6.07) is 0. The lowest BCUT2D eigenvalue weighted by Gasteiger charge is -1.74. The van der Waals surface area contributed by atoms with E-state index in [4.69, 9.17) is 20.1 Å². The van der Waals surface area contributed by atoms with E-state index in [-0.39, 0.29) is 0 Å². The number of hydrogen-bond acceptors (Lipinski definition) is 3. The molecular weight excluding hydrogens is 192 g/mol. The molecule has 80 valence electrons. The van der Waals surface area contributed by atoms with Gasteiger partial charge in [0, 0.05) is 19.1 Å². The maximum Gasteiger partial charge on any atom is 0.328 e. The van der Waals surface area contributed by atoms with E-state index in [9.17, 15) is 9.59 Å². The summed E-state index contributed by atoms with van der Waals surface area (Å²) in [5.74, 6) is -3.35. The Bertz CT molecular complexity index is 198. The molecule has 0 aromatic carbocycles. The van der Waals surface area contributed by atoms with Gasteiger partial charge in [-0.15, -0.1) is 13.2 Å². The molecule has 0 rings (SSSR count). The van der Waals surface area contributed by atoms with Gasteiger partial charge in [-0.3, -0.25) is 4.79 Å². The molecule has 0 fully saturated rings. The van der Waals surface area contributed by atoms with Crippen molar-refractivity contribution in [3.63, 3.8) is 0 Å². The van der Waals surface area contributed by atoms with E-state index in [1.807, 2.05) is 0 Å². The highest BCUT2D eigenvalue weighted by Gasteiger charge is 1.88. The maximum atomic E-state index is 9.55. The summed E-state index contributed by atoms with van der Waals surface area (Å²) >= 11 is 0. The Kier molecular flexibility index (Phi) is 17.2. The fourth-order valence-corrected chi connectivity index (χ4v) is 0.143. The maximum absolute atomic E-state index is 9.55. The van der Waals surface area contributed by atoms with E-state index in [1.165, 1.54) is 0 Å². The molecule has 0 amide bonds. The van der Waals surface area contributed by atoms with Crippen LogP contribution in [0, 0.1) is 0 Å². The minimum atomic E-state index is -1.26. The molecule has 0 spiro atoms. The lowest BCUT2D eigenvalue weighted by Crippen LogP contribution is -1.91. The second kappa shape index (κ2) is 13.5. The van der Waals surface area contributed by atoms with Crippen molar-refractivity contribution in [3.05, 3.63) is 25.3 Å². The molecule has 3 N–H and O–H groups in total. The van der Waals surface area contributed by atoms with Crippen LogP contribution in [-0.4, -0.2) is 33.2 Å². The summed E-state index contributed by atoms with van der Waals surface area (Å²) in [6.07, 6.45) is 1.12. The van der Waals surface area contributed by atoms with Crippen LogP contribution in [0.15, 0.2) is 25.3 Å². The number of carbonyl (C=O) groups is 3. The van der Waals surface area contributed by atoms with Gasteiger partial charge in [-0.05, 0) is 0 Å². The second-order valence-electron chi connectivity index (χ2n) is 1.53. The Labute approximate surface area is 80.8 Å². The first-order chi connectivity index (χ1) is 6.36. The van der Waals surface area contributed by atoms with Gasteiger partial charge in [0.1, 0.15) is 0 Å². The molecule has 6 nitrogen and oxygen atoms in total. The Morgan fingerprint density at radius 1 is 0.929 bits per heavy atom. The average Bonchev–Trinajstić information content (AvgIpc) is 2.03. The van der Waals surface area contributed by atoms with Gasteiger partial charge >= 0.3 is 11.9 Å². The van der Waals surface area contributed by atoms with Crippen LogP contribution in [0.1, 0.15) is 6.92 Å². The molecule has 0 heterocycles. The molecule has 0 unspecified atom stereocenters. The van der Waals surface area contributed by atoms with Crippen LogP contribution in [-0.2, 0) is 14.4 Å². The zero-order valence-electron chi connectivity index (χ0n) is 7.64. The third kappa shape index (κ3) is 93.6. The van der Waals surface area contributed by atoms with Crippen molar-refractivity contribution in [1.29, 1.82) is 0 Å². The molecule has 0 radical (unpaired) electrons. The van der Waals surface area contributed by atoms with Crippen LogP contribution in [0.4, 0.5) is 0 Å². The normalized spacial score (nSPS) is 7.50. The predicted molar refractivity (Wildman–Crippen MR) is 49.0 cm³/mol. The molecule has 0 saturated carbocycles. The van der Waals surface area contributed by atoms with Gasteiger partial charge in [0.15, 0.2) is 0 Å². The standard InChI is InChI=1S/C4H4O4.C2H4O2.C2H4/c5-3(6)1-2-4(7)8;1-2(3)4;1-2/h1-2H,(H,5,6)(H,7,8);1H3,(H,3,4);1-2H2/b2-1-;;. The number of hydrogen-bond donors (Lipinski definition) is 3. The Morgan fingerprint density at radius 2 is 1.07 bits per heavy atom. The number of carboxylic acids is 3. The van der Waals surface area contributed by atoms with Gasteiger partial charge in [-0.25, -0.2) is 9.59 Å². The summed E-state index contributed by atoms with van der Waals surface area (Å²) in [6.45, 7) is 7.08. The Hall–Kier alpha value is -2.11. The highest BCUT2D eigenvalue weighted by Crippen LogP contribution is 1.70. The van der Waals surface area contributed by atoms with Crippen molar-refractivity contribution < 1.29 is 29.7 Å². The highest BCUT2D eigenvalue weighted by molar-refractivity contribution is 5.89. The SMILES string of the molecule is C=C.CC(=O)O.O=C(O)/C=C\C(=O)O. The van der Waals surface area contributed by atoms with Crippen LogP contribution in [0.25, 0.3) is 0 Å². The Morgan fingerprint density at radius 3 is 1.14 bits per heavy atom. The van der Waals surface area contributed by atoms with Crippen LogP contribution in [0.5, 0.6) is 0 Å². The van der Waals surface area contributed by atoms with Gasteiger partial charge in [0.25, 0.3) is 5.97 Å². The van der Waals surface area contributed by atoms with Crippen LogP contribution >= 0.6 is 0 Å². The molecule has 14 heavy (non-hydrogen) atoms. The minimum Gasteiger partial charge on any atom is -0.481 e. The first-order valence-electron chi connectivity index (χ1n) is 3.19. The quantitative estimate of drug-likeness (QED) is 0.448. The summed E-state index contributed by atoms with van der Waals surface area (Å²) in [5.41, 5.74) is 0. The van der Waals surface area contributed by atoms with Gasteiger partial charge in [-0.2, -0.15) is 0 Å². The summed E-state index contributed by atoms with van der Waals surface area (Å²) in [5, 5.41) is 23.0. The first-order valence-corrected chi connectivity index (χ1v) is 3.19. The molecule has 0 aliphatic carbocycles. The molecule has 0 aromatic heterocycles. The van der Waals surface area contributed by atoms with Crippen molar-refractivity contribution in [2.45, 2.75) is 6.92 Å². The highest BCUT2D eigenvalue weighted by atomic mass is 16.4. The fourth-order valence-electron chi connectivity index (χ4n) is 0.143. The summed E-state index contributed by atoms with van der Waals surface area (Å²) in [7, 11) is 0. The largest absolute Gasteiger partial charge is 0.481 e. The van der Waals surface area contributed by atoms with Crippen molar-refractivity contribution in [1.82, 2.24) is 0 Å². The molecule has 0 bridgehead atoms. The number of rotatable bonds is 2. The fraction of sp³-hybridized carbons (Fsp3) is 0.125. The topological polar surface area (TPSA) is 112 Å². The van der Waals surface area contributed by atoms with E-state index >= 15 is 0 Å². The first kappa shape index (κ1) is 17.8. The molecule has 0 aromatic rings. The zero-order valence-corrected chi connectivity index (χ0v) is 7.64. The average molecular weight is 204 g/mol. The van der Waals surface area contributed by atoms with Crippen LogP contribution < -0.4 is 0 Å². The molecular formula is C8H12O6. The van der Waals surface area contributed by atoms with E-state index < -0.39 is 17.9 Å². The monoisotopic (exact) mass is 204 g/mol. The molecule has 0 atom stereocenters. The van der Waals surface area contributed by atoms with Crippen LogP contribution in [0.3, 0.4) is 0 Å².